The van der Waals surface area contributed by atoms with E-state index in [1.54, 1.807) is 25.7 Å². The highest BCUT2D eigenvalue weighted by atomic mass is 16.6. The minimum absolute atomic E-state index is 0.198. The molecular weight excluding hydrogens is 318 g/mol. The van der Waals surface area contributed by atoms with Crippen molar-refractivity contribution >= 4 is 18.0 Å². The summed E-state index contributed by atoms with van der Waals surface area (Å²) in [6, 6.07) is -0.222. The van der Waals surface area contributed by atoms with Gasteiger partial charge in [0.05, 0.1) is 14.2 Å². The molecule has 1 aliphatic rings. The molecule has 1 rings (SSSR count). The van der Waals surface area contributed by atoms with Crippen molar-refractivity contribution in [2.24, 2.45) is 0 Å². The van der Waals surface area contributed by atoms with Gasteiger partial charge in [0.25, 0.3) is 5.60 Å². The lowest BCUT2D eigenvalue weighted by Gasteiger charge is -2.30. The number of nitrogens with zero attached hydrogens (tertiary/aromatic N) is 1. The highest BCUT2D eigenvalue weighted by Crippen LogP contribution is 2.27. The second-order valence-electron chi connectivity index (χ2n) is 6.85. The van der Waals surface area contributed by atoms with Crippen molar-refractivity contribution in [2.45, 2.75) is 63.7 Å². The maximum atomic E-state index is 12.2. The van der Waals surface area contributed by atoms with E-state index in [2.05, 4.69) is 9.47 Å². The van der Waals surface area contributed by atoms with Gasteiger partial charge in [0, 0.05) is 19.0 Å². The molecule has 1 heterocycles. The minimum Gasteiger partial charge on any atom is -0.466 e. The second-order valence-corrected chi connectivity index (χ2v) is 6.85. The summed E-state index contributed by atoms with van der Waals surface area (Å²) in [5, 5.41) is 10.3. The number of hydrogen-bond acceptors (Lipinski definition) is 7. The van der Waals surface area contributed by atoms with Crippen LogP contribution in [0.15, 0.2) is 0 Å². The number of esters is 2. The number of methoxy groups -OCH3 is 2. The average Bonchev–Trinajstić information content (AvgIpc) is 2.97. The summed E-state index contributed by atoms with van der Waals surface area (Å²) < 4.78 is 14.4. The van der Waals surface area contributed by atoms with E-state index in [-0.39, 0.29) is 18.9 Å². The van der Waals surface area contributed by atoms with E-state index in [0.29, 0.717) is 13.0 Å². The molecule has 1 amide bonds. The van der Waals surface area contributed by atoms with Gasteiger partial charge in [-0.15, -0.1) is 0 Å². The molecule has 0 saturated carbocycles. The van der Waals surface area contributed by atoms with Crippen molar-refractivity contribution < 1.29 is 33.7 Å². The molecular formula is C16H27NO7. The van der Waals surface area contributed by atoms with Gasteiger partial charge in [-0.25, -0.2) is 14.4 Å². The maximum Gasteiger partial charge on any atom is 0.410 e. The monoisotopic (exact) mass is 345 g/mol. The van der Waals surface area contributed by atoms with E-state index < -0.39 is 29.2 Å². The maximum absolute atomic E-state index is 12.2. The average molecular weight is 345 g/mol. The molecule has 1 saturated heterocycles. The number of likely N-dealkylation sites (tertiary alicyclic amines) is 1. The quantitative estimate of drug-likeness (QED) is 0.454. The Morgan fingerprint density at radius 1 is 1.12 bits per heavy atom. The van der Waals surface area contributed by atoms with Crippen LogP contribution in [0.1, 0.15) is 46.5 Å². The largest absolute Gasteiger partial charge is 0.466 e. The minimum atomic E-state index is -2.37. The van der Waals surface area contributed by atoms with Crippen LogP contribution in [0.5, 0.6) is 0 Å². The van der Waals surface area contributed by atoms with Gasteiger partial charge in [-0.05, 0) is 40.0 Å². The number of carbonyl (C=O) groups excluding carboxylic acids is 3. The van der Waals surface area contributed by atoms with Crippen LogP contribution in [-0.2, 0) is 23.8 Å². The molecule has 0 spiro atoms. The summed E-state index contributed by atoms with van der Waals surface area (Å²) in [6.45, 7) is 5.88. The van der Waals surface area contributed by atoms with E-state index in [4.69, 9.17) is 4.74 Å². The fraction of sp³-hybridized carbons (Fsp3) is 0.812. The van der Waals surface area contributed by atoms with Crippen LogP contribution in [-0.4, -0.2) is 66.0 Å². The molecule has 0 aromatic heterocycles. The predicted molar refractivity (Wildman–Crippen MR) is 84.2 cm³/mol. The summed E-state index contributed by atoms with van der Waals surface area (Å²) in [5.41, 5.74) is -2.98. The van der Waals surface area contributed by atoms with Crippen molar-refractivity contribution in [1.29, 1.82) is 0 Å². The topological polar surface area (TPSA) is 102 Å². The van der Waals surface area contributed by atoms with Gasteiger partial charge in [-0.2, -0.15) is 0 Å². The van der Waals surface area contributed by atoms with Gasteiger partial charge in [-0.1, -0.05) is 0 Å². The molecule has 1 aliphatic heterocycles. The highest BCUT2D eigenvalue weighted by Gasteiger charge is 2.47. The van der Waals surface area contributed by atoms with Crippen LogP contribution in [0.25, 0.3) is 0 Å². The molecule has 0 aromatic carbocycles. The van der Waals surface area contributed by atoms with Crippen molar-refractivity contribution in [2.75, 3.05) is 20.8 Å². The number of hydrogen-bond donors (Lipinski definition) is 1. The fourth-order valence-corrected chi connectivity index (χ4v) is 2.70. The Morgan fingerprint density at radius 2 is 1.67 bits per heavy atom. The van der Waals surface area contributed by atoms with Crippen LogP contribution < -0.4 is 0 Å². The summed E-state index contributed by atoms with van der Waals surface area (Å²) in [4.78, 5) is 37.3. The molecule has 138 valence electrons. The zero-order chi connectivity index (χ0) is 18.5. The smallest absolute Gasteiger partial charge is 0.410 e. The number of ether oxygens (including phenoxy) is 3. The lowest BCUT2D eigenvalue weighted by molar-refractivity contribution is -0.181. The fourth-order valence-electron chi connectivity index (χ4n) is 2.70. The molecule has 1 atom stereocenters. The van der Waals surface area contributed by atoms with Gasteiger partial charge in [-0.3, -0.25) is 0 Å². The van der Waals surface area contributed by atoms with E-state index in [1.165, 1.54) is 0 Å². The molecule has 0 aliphatic carbocycles. The molecule has 24 heavy (non-hydrogen) atoms. The van der Waals surface area contributed by atoms with Gasteiger partial charge < -0.3 is 24.2 Å². The van der Waals surface area contributed by atoms with Crippen molar-refractivity contribution in [3.8, 4) is 0 Å². The Labute approximate surface area is 142 Å². The normalized spacial score (nSPS) is 18.2. The third kappa shape index (κ3) is 4.83. The molecule has 0 aromatic rings. The van der Waals surface area contributed by atoms with Crippen LogP contribution in [0.4, 0.5) is 4.79 Å². The molecule has 1 fully saturated rings. The Kier molecular flexibility index (Phi) is 6.59. The van der Waals surface area contributed by atoms with Crippen LogP contribution in [0.2, 0.25) is 0 Å². The Hall–Kier alpha value is -1.83. The second kappa shape index (κ2) is 7.83. The third-order valence-corrected chi connectivity index (χ3v) is 3.89. The first-order chi connectivity index (χ1) is 11.0. The predicted octanol–water partition coefficient (Wildman–Crippen LogP) is 1.24. The Bertz CT molecular complexity index is 467. The van der Waals surface area contributed by atoms with Gasteiger partial charge in [0.2, 0.25) is 0 Å². The van der Waals surface area contributed by atoms with Crippen molar-refractivity contribution in [3.63, 3.8) is 0 Å². The summed E-state index contributed by atoms with van der Waals surface area (Å²) in [5.74, 6) is -2.15. The molecule has 0 radical (unpaired) electrons. The first-order valence-corrected chi connectivity index (χ1v) is 7.94. The first-order valence-electron chi connectivity index (χ1n) is 7.94. The van der Waals surface area contributed by atoms with Crippen LogP contribution in [0, 0.1) is 0 Å². The van der Waals surface area contributed by atoms with E-state index in [1.807, 2.05) is 0 Å². The van der Waals surface area contributed by atoms with Gasteiger partial charge in [0.15, 0.2) is 0 Å². The van der Waals surface area contributed by atoms with Crippen molar-refractivity contribution in [3.05, 3.63) is 0 Å². The standard InChI is InChI=1S/C16H27NO7/c1-15(2,3)24-14(20)17-10-6-7-11(17)8-9-16(21,12(18)22-4)13(19)23-5/h11,21H,6-10H2,1-5H3. The molecule has 8 heteroatoms. The number of rotatable bonds is 5. The van der Waals surface area contributed by atoms with E-state index in [9.17, 15) is 19.5 Å². The molecule has 1 N–H and O–H groups in total. The van der Waals surface area contributed by atoms with E-state index >= 15 is 0 Å². The van der Waals surface area contributed by atoms with Gasteiger partial charge in [0.1, 0.15) is 5.60 Å². The number of amides is 1. The number of aliphatic hydroxyl groups is 1. The molecule has 0 bridgehead atoms. The molecule has 1 unspecified atom stereocenters. The Morgan fingerprint density at radius 3 is 2.12 bits per heavy atom. The zero-order valence-corrected chi connectivity index (χ0v) is 15.0. The summed E-state index contributed by atoms with van der Waals surface area (Å²) >= 11 is 0. The first kappa shape index (κ1) is 20.2. The highest BCUT2D eigenvalue weighted by molar-refractivity contribution is 6.03. The van der Waals surface area contributed by atoms with Crippen LogP contribution >= 0.6 is 0 Å². The SMILES string of the molecule is COC(=O)C(O)(CCC1CCCN1C(=O)OC(C)(C)C)C(=O)OC. The summed E-state index contributed by atoms with van der Waals surface area (Å²) in [7, 11) is 2.16. The van der Waals surface area contributed by atoms with E-state index in [0.717, 1.165) is 20.6 Å². The zero-order valence-electron chi connectivity index (χ0n) is 15.0. The van der Waals surface area contributed by atoms with Crippen LogP contribution in [0.3, 0.4) is 0 Å². The third-order valence-electron chi connectivity index (χ3n) is 3.89. The number of carbonyl (C=O) groups is 3. The lowest BCUT2D eigenvalue weighted by atomic mass is 9.94. The lowest BCUT2D eigenvalue weighted by Crippen LogP contribution is -2.49. The molecule has 8 nitrogen and oxygen atoms in total. The van der Waals surface area contributed by atoms with Gasteiger partial charge >= 0.3 is 18.0 Å². The summed E-state index contributed by atoms with van der Waals surface area (Å²) in [6.07, 6.45) is 1.11. The van der Waals surface area contributed by atoms with Crippen molar-refractivity contribution in [1.82, 2.24) is 4.90 Å². The Balaban J connectivity index is 2.77.